The van der Waals surface area contributed by atoms with Gasteiger partial charge in [0, 0.05) is 116 Å². The van der Waals surface area contributed by atoms with Gasteiger partial charge in [0.2, 0.25) is 0 Å². The van der Waals surface area contributed by atoms with E-state index in [0.29, 0.717) is 46.6 Å². The number of aryl methyl sites for hydroxylation is 4. The third-order valence-electron chi connectivity index (χ3n) is 20.2. The molecule has 0 aliphatic carbocycles. The molecule has 0 spiro atoms. The summed E-state index contributed by atoms with van der Waals surface area (Å²) in [5.41, 5.74) is 13.7. The molecule has 4 aliphatic heterocycles. The lowest BCUT2D eigenvalue weighted by Crippen LogP contribution is -1.93. The van der Waals surface area contributed by atoms with Crippen molar-refractivity contribution < 1.29 is 0 Å². The van der Waals surface area contributed by atoms with Crippen LogP contribution in [0.1, 0.15) is 0 Å². The van der Waals surface area contributed by atoms with Crippen LogP contribution in [0, 0.1) is 0 Å². The number of rotatable bonds is 0. The van der Waals surface area contributed by atoms with Gasteiger partial charge in [0.25, 0.3) is 0 Å². The van der Waals surface area contributed by atoms with E-state index < -0.39 is 0 Å². The van der Waals surface area contributed by atoms with Gasteiger partial charge in [-0.3, -0.25) is 0 Å². The van der Waals surface area contributed by atoms with Crippen molar-refractivity contribution in [3.8, 4) is 91.1 Å². The molecule has 0 unspecified atom stereocenters. The van der Waals surface area contributed by atoms with Crippen molar-refractivity contribution in [2.24, 2.45) is 28.2 Å². The second kappa shape index (κ2) is 21.0. The van der Waals surface area contributed by atoms with Crippen molar-refractivity contribution in [2.45, 2.75) is 0 Å². The van der Waals surface area contributed by atoms with Crippen LogP contribution in [-0.4, -0.2) is 78.1 Å². The van der Waals surface area contributed by atoms with Gasteiger partial charge in [-0.25, -0.2) is 59.8 Å². The molecule has 0 fully saturated rings. The summed E-state index contributed by atoms with van der Waals surface area (Å²) in [6, 6.07) is 84.0. The van der Waals surface area contributed by atoms with Crippen LogP contribution >= 0.6 is 0 Å². The summed E-state index contributed by atoms with van der Waals surface area (Å²) < 4.78 is 8.20. The summed E-state index contributed by atoms with van der Waals surface area (Å²) >= 11 is 0. The number of aromatic nitrogens is 16. The fraction of sp³-hybridized carbons (Fsp3) is 0.0476. The van der Waals surface area contributed by atoms with Crippen LogP contribution in [0.5, 0.6) is 0 Å². The topological polar surface area (TPSA) is 174 Å². The molecule has 12 aromatic carbocycles. The lowest BCUT2D eigenvalue weighted by Gasteiger charge is -2.04. The first kappa shape index (κ1) is 55.7. The van der Waals surface area contributed by atoms with Crippen LogP contribution in [0.3, 0.4) is 0 Å². The van der Waals surface area contributed by atoms with Gasteiger partial charge >= 0.3 is 0 Å². The van der Waals surface area contributed by atoms with E-state index in [9.17, 15) is 0 Å². The van der Waals surface area contributed by atoms with Crippen molar-refractivity contribution in [3.63, 3.8) is 0 Å². The van der Waals surface area contributed by atoms with Gasteiger partial charge in [-0.1, -0.05) is 194 Å². The van der Waals surface area contributed by atoms with Gasteiger partial charge in [-0.05, 0) is 91.6 Å². The smallest absolute Gasteiger partial charge is 0.164 e. The molecular formula is C84H52N16. The number of hydrogen-bond acceptors (Lipinski definition) is 12. The Kier molecular flexibility index (Phi) is 11.7. The highest BCUT2D eigenvalue weighted by Gasteiger charge is 2.28. The van der Waals surface area contributed by atoms with Crippen LogP contribution in [0.4, 0.5) is 0 Å². The Labute approximate surface area is 568 Å². The third-order valence-corrected chi connectivity index (χ3v) is 20.2. The van der Waals surface area contributed by atoms with E-state index in [4.69, 9.17) is 59.8 Å². The fourth-order valence-corrected chi connectivity index (χ4v) is 15.2. The maximum Gasteiger partial charge on any atom is 0.164 e. The Hall–Kier alpha value is -13.6. The number of hydrogen-bond donors (Lipinski definition) is 0. The zero-order valence-corrected chi connectivity index (χ0v) is 54.2. The standard InChI is InChI=1S/C50H30N8.C34H22N8/c1-57-47-39-23-31-15-7-8-16-32(31)24-40(39)48(57)54-44-36-20-28-12-4-6-14-30(28)22-38(36)46(52-44)56-50-42-26-34-18-10-9-17-33(34)25-41(42)49(58(50)2)55-45-37-21-29-13-5-3-11-27(29)19-35(37)43(51-45)53-47;1-41-31-23-15-7-8-16-24(23)32(41)38-28-20-12-4-6-14-22(20)30(36-28)40-34-26-18-10-9-17-25(26)33(42(34)2)39-29-21-13-5-3-11-19(21)27(35-29)37-31/h3-26H,1-2H3;3-18H,1-2H3. The molecule has 0 atom stereocenters. The normalized spacial score (nSPS) is 12.2. The first-order chi connectivity index (χ1) is 49.2. The van der Waals surface area contributed by atoms with Crippen LogP contribution < -0.4 is 0 Å². The molecule has 0 saturated carbocycles. The van der Waals surface area contributed by atoms with E-state index in [0.717, 1.165) is 176 Å². The van der Waals surface area contributed by atoms with Crippen LogP contribution in [0.15, 0.2) is 243 Å². The minimum atomic E-state index is 0.605. The number of benzene rings is 12. The Bertz CT molecular complexity index is 6290. The molecule has 10 heterocycles. The first-order valence-electron chi connectivity index (χ1n) is 33.2. The quantitative estimate of drug-likeness (QED) is 0.141. The summed E-state index contributed by atoms with van der Waals surface area (Å²) in [6.07, 6.45) is 0. The minimum absolute atomic E-state index is 0.605. The second-order valence-electron chi connectivity index (χ2n) is 25.9. The average molecular weight is 1290 g/mol. The summed E-state index contributed by atoms with van der Waals surface area (Å²) in [4.78, 5) is 63.0. The molecule has 0 N–H and O–H groups in total. The molecular weight excluding hydrogens is 1230 g/mol. The van der Waals surface area contributed by atoms with Crippen molar-refractivity contribution >= 4 is 131 Å². The van der Waals surface area contributed by atoms with E-state index in [1.165, 1.54) is 0 Å². The predicted octanol–water partition coefficient (Wildman–Crippen LogP) is 18.4. The van der Waals surface area contributed by atoms with E-state index in [2.05, 4.69) is 203 Å². The van der Waals surface area contributed by atoms with Crippen LogP contribution in [0.2, 0.25) is 0 Å². The van der Waals surface area contributed by atoms with Crippen LogP contribution in [-0.2, 0) is 28.2 Å². The monoisotopic (exact) mass is 1280 g/mol. The first-order valence-corrected chi connectivity index (χ1v) is 33.2. The molecule has 22 rings (SSSR count). The van der Waals surface area contributed by atoms with Gasteiger partial charge in [0.05, 0.1) is 0 Å². The highest BCUT2D eigenvalue weighted by atomic mass is 15.2. The summed E-state index contributed by atoms with van der Waals surface area (Å²) in [5.74, 6) is 4.91. The lowest BCUT2D eigenvalue weighted by atomic mass is 10.0. The van der Waals surface area contributed by atoms with Crippen molar-refractivity contribution in [2.75, 3.05) is 0 Å². The summed E-state index contributed by atoms with van der Waals surface area (Å²) in [7, 11) is 8.05. The SMILES string of the molecule is Cn1c2nc3nc(nc4c5cc6ccccc6cc5c(nc5nc(nc1c1cc6ccccc6cc12)-c1cc2ccccc2cc1-5)n4C)-c1cc2ccccc2cc1-3.Cn1c2nc3nc(nc4c5ccccc5c(nc5nc(nc1c1ccccc12)-c1ccccc1-5)n4C)-c1ccccc1-3. The molecule has 18 aromatic rings. The molecule has 16 nitrogen and oxygen atoms in total. The molecule has 468 valence electrons. The fourth-order valence-electron chi connectivity index (χ4n) is 15.2. The molecule has 16 bridgehead atoms. The third kappa shape index (κ3) is 8.27. The largest absolute Gasteiger partial charge is 0.313 e. The summed E-state index contributed by atoms with van der Waals surface area (Å²) in [6.45, 7) is 0. The maximum absolute atomic E-state index is 5.45. The minimum Gasteiger partial charge on any atom is -0.313 e. The van der Waals surface area contributed by atoms with Gasteiger partial charge in [-0.15, -0.1) is 0 Å². The van der Waals surface area contributed by atoms with E-state index in [1.54, 1.807) is 0 Å². The molecule has 0 saturated heterocycles. The van der Waals surface area contributed by atoms with E-state index in [-0.39, 0.29) is 0 Å². The lowest BCUT2D eigenvalue weighted by molar-refractivity contribution is 0.960. The molecule has 100 heavy (non-hydrogen) atoms. The van der Waals surface area contributed by atoms with Crippen molar-refractivity contribution in [1.29, 1.82) is 0 Å². The molecule has 16 heteroatoms. The predicted molar refractivity (Wildman–Crippen MR) is 401 cm³/mol. The van der Waals surface area contributed by atoms with Crippen LogP contribution in [0.25, 0.3) is 222 Å². The van der Waals surface area contributed by atoms with Crippen molar-refractivity contribution in [3.05, 3.63) is 243 Å². The van der Waals surface area contributed by atoms with Gasteiger partial charge in [0.15, 0.2) is 46.6 Å². The van der Waals surface area contributed by atoms with Gasteiger partial charge in [-0.2, -0.15) is 0 Å². The van der Waals surface area contributed by atoms with Gasteiger partial charge in [0.1, 0.15) is 45.2 Å². The van der Waals surface area contributed by atoms with Crippen molar-refractivity contribution in [1.82, 2.24) is 78.1 Å². The maximum atomic E-state index is 5.45. The highest BCUT2D eigenvalue weighted by Crippen LogP contribution is 2.44. The Morgan fingerprint density at radius 1 is 0.160 bits per heavy atom. The second-order valence-corrected chi connectivity index (χ2v) is 25.9. The number of fused-ring (bicyclic) bond motifs is 44. The Balaban J connectivity index is 0.000000138. The Morgan fingerprint density at radius 3 is 0.530 bits per heavy atom. The zero-order valence-electron chi connectivity index (χ0n) is 54.2. The molecule has 0 amide bonds. The van der Waals surface area contributed by atoms with E-state index >= 15 is 0 Å². The highest BCUT2D eigenvalue weighted by molar-refractivity contribution is 6.14. The average Bonchev–Trinajstić information content (AvgIpc) is 1.58. The molecule has 0 radical (unpaired) electrons. The zero-order chi connectivity index (χ0) is 66.2. The number of nitrogens with zero attached hydrogens (tertiary/aromatic N) is 16. The molecule has 4 aliphatic rings. The van der Waals surface area contributed by atoms with E-state index in [1.807, 2.05) is 85.9 Å². The summed E-state index contributed by atoms with van der Waals surface area (Å²) in [5, 5.41) is 16.9. The Morgan fingerprint density at radius 2 is 0.320 bits per heavy atom. The molecule has 6 aromatic heterocycles. The van der Waals surface area contributed by atoms with Gasteiger partial charge < -0.3 is 18.3 Å².